The molecule has 26 heavy (non-hydrogen) atoms. The van der Waals surface area contributed by atoms with Crippen molar-refractivity contribution < 1.29 is 18.7 Å². The number of halogens is 2. The molecule has 1 atom stereocenters. The molecule has 0 saturated carbocycles. The quantitative estimate of drug-likeness (QED) is 0.631. The van der Waals surface area contributed by atoms with E-state index < -0.39 is 6.10 Å². The van der Waals surface area contributed by atoms with Gasteiger partial charge in [-0.25, -0.2) is 8.78 Å². The highest BCUT2D eigenvalue weighted by atomic mass is 19.1. The van der Waals surface area contributed by atoms with Crippen LogP contribution in [0.1, 0.15) is 18.9 Å². The third-order valence-corrected chi connectivity index (χ3v) is 4.20. The fraction of sp³-hybridized carbons (Fsp3) is 0.250. The van der Waals surface area contributed by atoms with Gasteiger partial charge in [0.1, 0.15) is 11.6 Å². The molecule has 0 spiro atoms. The molecule has 0 unspecified atom stereocenters. The molecule has 3 N–H and O–H groups in total. The topological polar surface area (TPSA) is 65.1 Å². The number of carbonyl (C=O) groups excluding carboxylic acids is 1. The first kappa shape index (κ1) is 18.1. The van der Waals surface area contributed by atoms with Crippen molar-refractivity contribution in [1.82, 2.24) is 10.3 Å². The number of carbonyl (C=O) groups is 1. The maximum Gasteiger partial charge on any atom is 0.220 e. The Kier molecular flexibility index (Phi) is 5.32. The summed E-state index contributed by atoms with van der Waals surface area (Å²) in [6.45, 7) is 1.78. The van der Waals surface area contributed by atoms with Gasteiger partial charge in [0.05, 0.1) is 6.10 Å². The van der Waals surface area contributed by atoms with Crippen molar-refractivity contribution in [3.8, 4) is 11.3 Å². The molecule has 1 amide bonds. The van der Waals surface area contributed by atoms with Crippen molar-refractivity contribution >= 4 is 16.8 Å². The first-order chi connectivity index (χ1) is 12.4. The number of hydrogen-bond acceptors (Lipinski definition) is 2. The number of aromatic amines is 1. The molecule has 0 aliphatic carbocycles. The Morgan fingerprint density at radius 3 is 2.54 bits per heavy atom. The Balaban J connectivity index is 1.93. The van der Waals surface area contributed by atoms with Gasteiger partial charge >= 0.3 is 0 Å². The summed E-state index contributed by atoms with van der Waals surface area (Å²) in [5.74, 6) is -0.890. The number of aromatic nitrogens is 1. The van der Waals surface area contributed by atoms with Gasteiger partial charge in [-0.1, -0.05) is 0 Å². The van der Waals surface area contributed by atoms with E-state index in [0.29, 0.717) is 11.8 Å². The lowest BCUT2D eigenvalue weighted by Crippen LogP contribution is -2.30. The van der Waals surface area contributed by atoms with Gasteiger partial charge in [-0.2, -0.15) is 0 Å². The number of aliphatic hydroxyl groups excluding tert-OH is 1. The van der Waals surface area contributed by atoms with Gasteiger partial charge in [0.15, 0.2) is 0 Å². The highest BCUT2D eigenvalue weighted by Crippen LogP contribution is 2.32. The normalized spacial score (nSPS) is 12.3. The van der Waals surface area contributed by atoms with Crippen LogP contribution in [0.3, 0.4) is 0 Å². The zero-order chi connectivity index (χ0) is 18.7. The monoisotopic (exact) mass is 358 g/mol. The molecule has 0 bridgehead atoms. The Bertz CT molecular complexity index is 917. The SMILES string of the molecule is C[C@@H](O)CNC(=O)CCc1c(-c2ccc(F)cc2)[nH]c2ccc(F)cc12. The van der Waals surface area contributed by atoms with E-state index >= 15 is 0 Å². The summed E-state index contributed by atoms with van der Waals surface area (Å²) in [6, 6.07) is 10.5. The van der Waals surface area contributed by atoms with Crippen LogP contribution in [0.25, 0.3) is 22.2 Å². The lowest BCUT2D eigenvalue weighted by atomic mass is 10.0. The van der Waals surface area contributed by atoms with Gasteiger partial charge < -0.3 is 15.4 Å². The Labute approximate surface area is 149 Å². The lowest BCUT2D eigenvalue weighted by molar-refractivity contribution is -0.121. The number of nitrogens with one attached hydrogen (secondary N) is 2. The number of fused-ring (bicyclic) bond motifs is 1. The molecule has 0 fully saturated rings. The van der Waals surface area contributed by atoms with Gasteiger partial charge in [-0.05, 0) is 66.9 Å². The Morgan fingerprint density at radius 1 is 1.15 bits per heavy atom. The van der Waals surface area contributed by atoms with Gasteiger partial charge in [-0.15, -0.1) is 0 Å². The molecule has 1 heterocycles. The summed E-state index contributed by atoms with van der Waals surface area (Å²) in [4.78, 5) is 15.2. The van der Waals surface area contributed by atoms with E-state index in [1.165, 1.54) is 24.3 Å². The van der Waals surface area contributed by atoms with Crippen molar-refractivity contribution in [2.75, 3.05) is 6.54 Å². The summed E-state index contributed by atoms with van der Waals surface area (Å²) in [6.07, 6.45) is -0.0254. The molecular weight excluding hydrogens is 338 g/mol. The highest BCUT2D eigenvalue weighted by Gasteiger charge is 2.15. The van der Waals surface area contributed by atoms with Gasteiger partial charge in [0, 0.05) is 29.6 Å². The first-order valence-electron chi connectivity index (χ1n) is 8.45. The standard InChI is InChI=1S/C20H20F2N2O2/c1-12(25)11-23-19(26)9-7-16-17-10-15(22)6-8-18(17)24-20(16)13-2-4-14(21)5-3-13/h2-6,8,10,12,24-25H,7,9,11H2,1H3,(H,23,26)/t12-/m1/s1. The molecule has 6 heteroatoms. The molecule has 0 aliphatic rings. The molecule has 3 aromatic rings. The van der Waals surface area contributed by atoms with E-state index in [1.54, 1.807) is 25.1 Å². The maximum absolute atomic E-state index is 13.7. The predicted molar refractivity (Wildman–Crippen MR) is 96.7 cm³/mol. The van der Waals surface area contributed by atoms with Crippen molar-refractivity contribution in [3.05, 3.63) is 59.7 Å². The fourth-order valence-electron chi connectivity index (χ4n) is 2.93. The number of H-pyrrole nitrogens is 1. The summed E-state index contributed by atoms with van der Waals surface area (Å²) >= 11 is 0. The highest BCUT2D eigenvalue weighted by molar-refractivity contribution is 5.91. The minimum absolute atomic E-state index is 0.187. The molecule has 0 saturated heterocycles. The number of aliphatic hydroxyl groups is 1. The molecule has 1 aromatic heterocycles. The van der Waals surface area contributed by atoms with Crippen LogP contribution >= 0.6 is 0 Å². The van der Waals surface area contributed by atoms with E-state index in [2.05, 4.69) is 10.3 Å². The van der Waals surface area contributed by atoms with Crippen LogP contribution in [0.5, 0.6) is 0 Å². The minimum Gasteiger partial charge on any atom is -0.392 e. The van der Waals surface area contributed by atoms with Crippen LogP contribution < -0.4 is 5.32 Å². The second-order valence-corrected chi connectivity index (χ2v) is 6.33. The first-order valence-corrected chi connectivity index (χ1v) is 8.45. The maximum atomic E-state index is 13.7. The summed E-state index contributed by atoms with van der Waals surface area (Å²) in [5.41, 5.74) is 3.07. The summed E-state index contributed by atoms with van der Waals surface area (Å²) in [7, 11) is 0. The number of rotatable bonds is 6. The largest absolute Gasteiger partial charge is 0.392 e. The molecule has 2 aromatic carbocycles. The smallest absolute Gasteiger partial charge is 0.220 e. The Hall–Kier alpha value is -2.73. The van der Waals surface area contributed by atoms with Crippen LogP contribution in [0, 0.1) is 11.6 Å². The minimum atomic E-state index is -0.615. The van der Waals surface area contributed by atoms with E-state index in [9.17, 15) is 18.7 Å². The zero-order valence-corrected chi connectivity index (χ0v) is 14.4. The van der Waals surface area contributed by atoms with Crippen LogP contribution in [-0.2, 0) is 11.2 Å². The van der Waals surface area contributed by atoms with E-state index in [-0.39, 0.29) is 30.5 Å². The molecule has 4 nitrogen and oxygen atoms in total. The van der Waals surface area contributed by atoms with Gasteiger partial charge in [-0.3, -0.25) is 4.79 Å². The second kappa shape index (κ2) is 7.66. The zero-order valence-electron chi connectivity index (χ0n) is 14.4. The summed E-state index contributed by atoms with van der Waals surface area (Å²) < 4.78 is 27.0. The number of aryl methyl sites for hydroxylation is 1. The number of benzene rings is 2. The van der Waals surface area contributed by atoms with Crippen molar-refractivity contribution in [1.29, 1.82) is 0 Å². The van der Waals surface area contributed by atoms with Crippen LogP contribution in [0.15, 0.2) is 42.5 Å². The molecule has 3 rings (SSSR count). The average molecular weight is 358 g/mol. The molecule has 0 radical (unpaired) electrons. The summed E-state index contributed by atoms with van der Waals surface area (Å²) in [5, 5.41) is 12.6. The third kappa shape index (κ3) is 4.08. The molecule has 136 valence electrons. The van der Waals surface area contributed by atoms with E-state index in [0.717, 1.165) is 22.3 Å². The molecular formula is C20H20F2N2O2. The Morgan fingerprint density at radius 2 is 1.85 bits per heavy atom. The average Bonchev–Trinajstić information content (AvgIpc) is 2.96. The second-order valence-electron chi connectivity index (χ2n) is 6.33. The van der Waals surface area contributed by atoms with Crippen LogP contribution in [0.2, 0.25) is 0 Å². The van der Waals surface area contributed by atoms with Crippen LogP contribution in [-0.4, -0.2) is 28.6 Å². The number of hydrogen-bond donors (Lipinski definition) is 3. The number of amides is 1. The van der Waals surface area contributed by atoms with Gasteiger partial charge in [0.2, 0.25) is 5.91 Å². The van der Waals surface area contributed by atoms with Crippen molar-refractivity contribution in [2.45, 2.75) is 25.9 Å². The third-order valence-electron chi connectivity index (χ3n) is 4.20. The predicted octanol–water partition coefficient (Wildman–Crippen LogP) is 3.54. The fourth-order valence-corrected chi connectivity index (χ4v) is 2.93. The molecule has 0 aliphatic heterocycles. The van der Waals surface area contributed by atoms with Gasteiger partial charge in [0.25, 0.3) is 0 Å². The van der Waals surface area contributed by atoms with Crippen LogP contribution in [0.4, 0.5) is 8.78 Å². The van der Waals surface area contributed by atoms with E-state index in [1.807, 2.05) is 0 Å². The van der Waals surface area contributed by atoms with E-state index in [4.69, 9.17) is 0 Å². The van der Waals surface area contributed by atoms with Crippen molar-refractivity contribution in [2.24, 2.45) is 0 Å². The van der Waals surface area contributed by atoms with Crippen molar-refractivity contribution in [3.63, 3.8) is 0 Å². The lowest BCUT2D eigenvalue weighted by Gasteiger charge is -2.08.